The summed E-state index contributed by atoms with van der Waals surface area (Å²) in [5.41, 5.74) is 1.30. The van der Waals surface area contributed by atoms with Crippen LogP contribution in [-0.2, 0) is 6.42 Å². The lowest BCUT2D eigenvalue weighted by atomic mass is 10.0. The molecule has 2 nitrogen and oxygen atoms in total. The third-order valence-corrected chi connectivity index (χ3v) is 3.77. The number of benzene rings is 1. The molecule has 0 aliphatic rings. The molecule has 0 aliphatic heterocycles. The van der Waals surface area contributed by atoms with E-state index in [-0.39, 0.29) is 0 Å². The highest BCUT2D eigenvalue weighted by Crippen LogP contribution is 2.15. The minimum absolute atomic E-state index is 0.346. The van der Waals surface area contributed by atoms with E-state index in [2.05, 4.69) is 32.7 Å². The van der Waals surface area contributed by atoms with E-state index in [1.165, 1.54) is 12.0 Å². The van der Waals surface area contributed by atoms with Crippen LogP contribution in [0.5, 0.6) is 5.75 Å². The smallest absolute Gasteiger partial charge is 0.115 e. The molecule has 0 saturated heterocycles. The molecule has 0 bridgehead atoms. The number of hydrogen-bond donors (Lipinski definition) is 1. The van der Waals surface area contributed by atoms with Crippen LogP contribution in [-0.4, -0.2) is 29.1 Å². The maximum absolute atomic E-state index is 9.22. The first kappa shape index (κ1) is 14.0. The first-order chi connectivity index (χ1) is 8.04. The Bertz CT molecular complexity index is 320. The molecule has 1 aromatic rings. The summed E-state index contributed by atoms with van der Waals surface area (Å²) >= 11 is 0. The number of phenolic OH excluding ortho intramolecular Hbond substituents is 1. The second-order valence-electron chi connectivity index (χ2n) is 4.98. The SMILES string of the molecule is CCC(C)N(C)C(C)CCc1ccc(O)cc1. The molecule has 1 aromatic carbocycles. The molecule has 0 radical (unpaired) electrons. The Balaban J connectivity index is 2.42. The molecule has 0 aliphatic carbocycles. The van der Waals surface area contributed by atoms with E-state index < -0.39 is 0 Å². The Hall–Kier alpha value is -1.02. The zero-order valence-electron chi connectivity index (χ0n) is 11.5. The van der Waals surface area contributed by atoms with Crippen LogP contribution >= 0.6 is 0 Å². The average Bonchev–Trinajstić information content (AvgIpc) is 2.35. The standard InChI is InChI=1S/C15H25NO/c1-5-12(2)16(4)13(3)6-7-14-8-10-15(17)11-9-14/h8-13,17H,5-7H2,1-4H3. The molecule has 2 atom stereocenters. The third-order valence-electron chi connectivity index (χ3n) is 3.77. The molecular weight excluding hydrogens is 210 g/mol. The van der Waals surface area contributed by atoms with E-state index in [1.54, 1.807) is 12.1 Å². The fourth-order valence-corrected chi connectivity index (χ4v) is 1.96. The van der Waals surface area contributed by atoms with E-state index in [4.69, 9.17) is 0 Å². The van der Waals surface area contributed by atoms with Crippen molar-refractivity contribution in [2.24, 2.45) is 0 Å². The molecule has 96 valence electrons. The molecule has 0 saturated carbocycles. The second-order valence-corrected chi connectivity index (χ2v) is 4.98. The van der Waals surface area contributed by atoms with Gasteiger partial charge >= 0.3 is 0 Å². The van der Waals surface area contributed by atoms with Gasteiger partial charge in [0.2, 0.25) is 0 Å². The van der Waals surface area contributed by atoms with Gasteiger partial charge in [0.15, 0.2) is 0 Å². The Morgan fingerprint density at radius 1 is 1.12 bits per heavy atom. The van der Waals surface area contributed by atoms with Crippen molar-refractivity contribution in [3.63, 3.8) is 0 Å². The summed E-state index contributed by atoms with van der Waals surface area (Å²) in [6.07, 6.45) is 3.42. The second kappa shape index (κ2) is 6.65. The summed E-state index contributed by atoms with van der Waals surface area (Å²) in [4.78, 5) is 2.44. The van der Waals surface area contributed by atoms with Gasteiger partial charge in [-0.1, -0.05) is 19.1 Å². The molecule has 0 fully saturated rings. The molecule has 2 heteroatoms. The topological polar surface area (TPSA) is 23.5 Å². The van der Waals surface area contributed by atoms with Crippen LogP contribution in [0.25, 0.3) is 0 Å². The molecule has 1 rings (SSSR count). The van der Waals surface area contributed by atoms with Crippen molar-refractivity contribution < 1.29 is 5.11 Å². The largest absolute Gasteiger partial charge is 0.508 e. The highest BCUT2D eigenvalue weighted by Gasteiger charge is 2.13. The van der Waals surface area contributed by atoms with Crippen LogP contribution in [0.4, 0.5) is 0 Å². The predicted molar refractivity (Wildman–Crippen MR) is 73.4 cm³/mol. The Kier molecular flexibility index (Phi) is 5.49. The highest BCUT2D eigenvalue weighted by molar-refractivity contribution is 5.25. The number of aryl methyl sites for hydroxylation is 1. The van der Waals surface area contributed by atoms with E-state index in [0.717, 1.165) is 12.8 Å². The van der Waals surface area contributed by atoms with Gasteiger partial charge in [-0.05, 0) is 57.9 Å². The monoisotopic (exact) mass is 235 g/mol. The van der Waals surface area contributed by atoms with Crippen LogP contribution in [0.15, 0.2) is 24.3 Å². The van der Waals surface area contributed by atoms with Gasteiger partial charge in [-0.25, -0.2) is 0 Å². The van der Waals surface area contributed by atoms with Crippen molar-refractivity contribution in [1.82, 2.24) is 4.90 Å². The number of phenols is 1. The van der Waals surface area contributed by atoms with Gasteiger partial charge in [0.25, 0.3) is 0 Å². The van der Waals surface area contributed by atoms with Gasteiger partial charge in [0, 0.05) is 12.1 Å². The lowest BCUT2D eigenvalue weighted by molar-refractivity contribution is 0.183. The molecule has 17 heavy (non-hydrogen) atoms. The van der Waals surface area contributed by atoms with E-state index in [0.29, 0.717) is 17.8 Å². The zero-order chi connectivity index (χ0) is 12.8. The molecule has 2 unspecified atom stereocenters. The van der Waals surface area contributed by atoms with Gasteiger partial charge in [0.1, 0.15) is 5.75 Å². The number of rotatable bonds is 6. The lowest BCUT2D eigenvalue weighted by Crippen LogP contribution is -2.36. The first-order valence-corrected chi connectivity index (χ1v) is 6.54. The minimum atomic E-state index is 0.346. The average molecular weight is 235 g/mol. The van der Waals surface area contributed by atoms with Crippen LogP contribution in [0.2, 0.25) is 0 Å². The number of nitrogens with zero attached hydrogens (tertiary/aromatic N) is 1. The first-order valence-electron chi connectivity index (χ1n) is 6.54. The minimum Gasteiger partial charge on any atom is -0.508 e. The van der Waals surface area contributed by atoms with Gasteiger partial charge in [-0.2, -0.15) is 0 Å². The van der Waals surface area contributed by atoms with Crippen molar-refractivity contribution in [3.05, 3.63) is 29.8 Å². The zero-order valence-corrected chi connectivity index (χ0v) is 11.5. The summed E-state index contributed by atoms with van der Waals surface area (Å²) in [5.74, 6) is 0.346. The summed E-state index contributed by atoms with van der Waals surface area (Å²) in [7, 11) is 2.20. The van der Waals surface area contributed by atoms with Crippen LogP contribution in [0.3, 0.4) is 0 Å². The molecule has 0 amide bonds. The summed E-state index contributed by atoms with van der Waals surface area (Å²) < 4.78 is 0. The van der Waals surface area contributed by atoms with Crippen molar-refractivity contribution in [1.29, 1.82) is 0 Å². The molecule has 1 N–H and O–H groups in total. The summed E-state index contributed by atoms with van der Waals surface area (Å²) in [5, 5.41) is 9.22. The molecular formula is C15H25NO. The number of aromatic hydroxyl groups is 1. The van der Waals surface area contributed by atoms with Crippen LogP contribution in [0, 0.1) is 0 Å². The van der Waals surface area contributed by atoms with Crippen LogP contribution in [0.1, 0.15) is 39.2 Å². The van der Waals surface area contributed by atoms with Crippen molar-refractivity contribution >= 4 is 0 Å². The van der Waals surface area contributed by atoms with Gasteiger partial charge < -0.3 is 10.0 Å². The van der Waals surface area contributed by atoms with Gasteiger partial charge in [-0.3, -0.25) is 0 Å². The lowest BCUT2D eigenvalue weighted by Gasteiger charge is -2.30. The van der Waals surface area contributed by atoms with E-state index >= 15 is 0 Å². The van der Waals surface area contributed by atoms with Gasteiger partial charge in [0.05, 0.1) is 0 Å². The number of hydrogen-bond acceptors (Lipinski definition) is 2. The fourth-order valence-electron chi connectivity index (χ4n) is 1.96. The maximum Gasteiger partial charge on any atom is 0.115 e. The van der Waals surface area contributed by atoms with Crippen LogP contribution < -0.4 is 0 Å². The molecule has 0 spiro atoms. The third kappa shape index (κ3) is 4.39. The fraction of sp³-hybridized carbons (Fsp3) is 0.600. The maximum atomic E-state index is 9.22. The van der Waals surface area contributed by atoms with Crippen molar-refractivity contribution in [3.8, 4) is 5.75 Å². The molecule has 0 aromatic heterocycles. The van der Waals surface area contributed by atoms with E-state index in [9.17, 15) is 5.11 Å². The summed E-state index contributed by atoms with van der Waals surface area (Å²) in [6.45, 7) is 6.79. The normalized spacial score (nSPS) is 14.9. The molecule has 0 heterocycles. The summed E-state index contributed by atoms with van der Waals surface area (Å²) in [6, 6.07) is 8.77. The Morgan fingerprint density at radius 3 is 2.24 bits per heavy atom. The van der Waals surface area contributed by atoms with E-state index in [1.807, 2.05) is 12.1 Å². The quantitative estimate of drug-likeness (QED) is 0.816. The Morgan fingerprint density at radius 2 is 1.71 bits per heavy atom. The van der Waals surface area contributed by atoms with Crippen molar-refractivity contribution in [2.75, 3.05) is 7.05 Å². The van der Waals surface area contributed by atoms with Crippen molar-refractivity contribution in [2.45, 2.75) is 52.1 Å². The van der Waals surface area contributed by atoms with Gasteiger partial charge in [-0.15, -0.1) is 0 Å². The predicted octanol–water partition coefficient (Wildman–Crippen LogP) is 3.44. The highest BCUT2D eigenvalue weighted by atomic mass is 16.3. The Labute approximate surface area is 105 Å².